The molecule has 1 aromatic rings. The Kier molecular flexibility index (Phi) is 4.56. The molecule has 1 N–H and O–H groups in total. The molecule has 0 atom stereocenters. The summed E-state index contributed by atoms with van der Waals surface area (Å²) in [6, 6.07) is 2.70. The molecule has 100 valence electrons. The molecule has 1 aromatic carbocycles. The van der Waals surface area contributed by atoms with Gasteiger partial charge in [-0.25, -0.2) is 4.39 Å². The fraction of sp³-hybridized carbons (Fsp3) is 0.333. The Morgan fingerprint density at radius 3 is 2.56 bits per heavy atom. The topological polar surface area (TPSA) is 64.4 Å². The number of halogens is 4. The van der Waals surface area contributed by atoms with E-state index in [1.165, 1.54) is 0 Å². The van der Waals surface area contributed by atoms with E-state index in [1.807, 2.05) is 5.48 Å². The number of nitrogens with one attached hydrogen (secondary N) is 1. The molecule has 0 fully saturated rings. The Morgan fingerprint density at radius 1 is 1.33 bits per heavy atom. The van der Waals surface area contributed by atoms with Crippen LogP contribution in [0, 0.1) is 15.9 Å². The summed E-state index contributed by atoms with van der Waals surface area (Å²) < 4.78 is 48.0. The van der Waals surface area contributed by atoms with E-state index in [9.17, 15) is 27.7 Å². The van der Waals surface area contributed by atoms with Gasteiger partial charge in [0.1, 0.15) is 5.82 Å². The third kappa shape index (κ3) is 5.06. The normalized spacial score (nSPS) is 11.6. The molecular weight excluding hydrogens is 260 g/mol. The van der Waals surface area contributed by atoms with Crippen molar-refractivity contribution in [2.24, 2.45) is 0 Å². The maximum atomic E-state index is 12.9. The second-order valence-corrected chi connectivity index (χ2v) is 3.30. The predicted molar refractivity (Wildman–Crippen MR) is 51.9 cm³/mol. The number of hydrogen-bond donors (Lipinski definition) is 1. The zero-order chi connectivity index (χ0) is 13.8. The monoisotopic (exact) mass is 268 g/mol. The van der Waals surface area contributed by atoms with E-state index in [1.54, 1.807) is 0 Å². The highest BCUT2D eigenvalue weighted by molar-refractivity contribution is 5.35. The van der Waals surface area contributed by atoms with Gasteiger partial charge in [0.15, 0.2) is 6.61 Å². The van der Waals surface area contributed by atoms with Crippen LogP contribution in [0.1, 0.15) is 5.56 Å². The minimum atomic E-state index is -4.49. The van der Waals surface area contributed by atoms with Crippen molar-refractivity contribution in [2.75, 3.05) is 6.61 Å². The summed E-state index contributed by atoms with van der Waals surface area (Å²) >= 11 is 0. The summed E-state index contributed by atoms with van der Waals surface area (Å²) in [5.74, 6) is -0.850. The number of nitro groups is 1. The number of hydrogen-bond acceptors (Lipinski definition) is 4. The number of non-ortho nitro benzene ring substituents is 1. The lowest BCUT2D eigenvalue weighted by molar-refractivity contribution is -0.385. The number of benzene rings is 1. The van der Waals surface area contributed by atoms with Gasteiger partial charge in [-0.05, 0) is 11.6 Å². The van der Waals surface area contributed by atoms with Gasteiger partial charge in [-0.1, -0.05) is 0 Å². The molecule has 0 amide bonds. The van der Waals surface area contributed by atoms with E-state index in [2.05, 4.69) is 4.84 Å². The molecule has 0 saturated heterocycles. The molecule has 1 rings (SSSR count). The highest BCUT2D eigenvalue weighted by atomic mass is 19.4. The molecular formula is C9H8F4N2O3. The lowest BCUT2D eigenvalue weighted by Crippen LogP contribution is -2.24. The van der Waals surface area contributed by atoms with Gasteiger partial charge < -0.3 is 0 Å². The summed E-state index contributed by atoms with van der Waals surface area (Å²) in [5.41, 5.74) is 1.56. The Balaban J connectivity index is 2.55. The predicted octanol–water partition coefficient (Wildman–Crippen LogP) is 2.32. The molecule has 0 heterocycles. The Morgan fingerprint density at radius 2 is 2.00 bits per heavy atom. The van der Waals surface area contributed by atoms with Gasteiger partial charge in [0.2, 0.25) is 0 Å². The zero-order valence-corrected chi connectivity index (χ0v) is 8.83. The molecule has 0 aliphatic carbocycles. The van der Waals surface area contributed by atoms with Crippen molar-refractivity contribution < 1.29 is 27.3 Å². The SMILES string of the molecule is O=[N+]([O-])c1cc(F)cc(CNOCC(F)(F)F)c1. The van der Waals surface area contributed by atoms with Crippen molar-refractivity contribution >= 4 is 5.69 Å². The number of alkyl halides is 3. The molecule has 0 radical (unpaired) electrons. The summed E-state index contributed by atoms with van der Waals surface area (Å²) in [6.45, 7) is -1.79. The highest BCUT2D eigenvalue weighted by Gasteiger charge is 2.27. The van der Waals surface area contributed by atoms with Crippen molar-refractivity contribution in [3.8, 4) is 0 Å². The van der Waals surface area contributed by atoms with Crippen molar-refractivity contribution in [1.29, 1.82) is 0 Å². The largest absolute Gasteiger partial charge is 0.413 e. The molecule has 0 aliphatic rings. The number of rotatable bonds is 5. The Labute approximate surface area is 98.5 Å². The maximum Gasteiger partial charge on any atom is 0.413 e. The molecule has 0 spiro atoms. The summed E-state index contributed by atoms with van der Waals surface area (Å²) in [4.78, 5) is 13.7. The van der Waals surface area contributed by atoms with E-state index in [-0.39, 0.29) is 12.1 Å². The number of hydroxylamine groups is 1. The average molecular weight is 268 g/mol. The molecule has 0 aliphatic heterocycles. The van der Waals surface area contributed by atoms with Crippen LogP contribution in [0.5, 0.6) is 0 Å². The Hall–Kier alpha value is -1.74. The van der Waals surface area contributed by atoms with Gasteiger partial charge >= 0.3 is 6.18 Å². The smallest absolute Gasteiger partial charge is 0.292 e. The first-order valence-electron chi connectivity index (χ1n) is 4.63. The van der Waals surface area contributed by atoms with Crippen LogP contribution in [-0.4, -0.2) is 17.7 Å². The van der Waals surface area contributed by atoms with Gasteiger partial charge in [-0.15, -0.1) is 0 Å². The molecule has 18 heavy (non-hydrogen) atoms. The fourth-order valence-corrected chi connectivity index (χ4v) is 1.11. The molecule has 5 nitrogen and oxygen atoms in total. The van der Waals surface area contributed by atoms with Crippen LogP contribution >= 0.6 is 0 Å². The second kappa shape index (κ2) is 5.74. The van der Waals surface area contributed by atoms with Gasteiger partial charge in [-0.3, -0.25) is 15.0 Å². The van der Waals surface area contributed by atoms with Crippen LogP contribution in [-0.2, 0) is 11.4 Å². The minimum absolute atomic E-state index is 0.101. The lowest BCUT2D eigenvalue weighted by atomic mass is 10.2. The molecule has 0 unspecified atom stereocenters. The zero-order valence-electron chi connectivity index (χ0n) is 8.83. The minimum Gasteiger partial charge on any atom is -0.292 e. The molecule has 9 heteroatoms. The standard InChI is InChI=1S/C9H8F4N2O3/c10-7-1-6(2-8(3-7)15(16)17)4-14-18-5-9(11,12)13/h1-3,14H,4-5H2. The van der Waals surface area contributed by atoms with Crippen molar-refractivity contribution in [2.45, 2.75) is 12.7 Å². The average Bonchev–Trinajstić information content (AvgIpc) is 2.22. The van der Waals surface area contributed by atoms with Crippen LogP contribution in [0.2, 0.25) is 0 Å². The van der Waals surface area contributed by atoms with Gasteiger partial charge in [0.05, 0.1) is 11.0 Å². The third-order valence-corrected chi connectivity index (χ3v) is 1.77. The first-order chi connectivity index (χ1) is 8.28. The van der Waals surface area contributed by atoms with Crippen molar-refractivity contribution in [3.05, 3.63) is 39.7 Å². The van der Waals surface area contributed by atoms with E-state index in [4.69, 9.17) is 0 Å². The lowest BCUT2D eigenvalue weighted by Gasteiger charge is -2.08. The van der Waals surface area contributed by atoms with E-state index >= 15 is 0 Å². The van der Waals surface area contributed by atoms with Gasteiger partial charge in [0, 0.05) is 12.6 Å². The van der Waals surface area contributed by atoms with E-state index < -0.39 is 29.2 Å². The summed E-state index contributed by atoms with van der Waals surface area (Å²) in [5, 5.41) is 10.4. The summed E-state index contributed by atoms with van der Waals surface area (Å²) in [6.07, 6.45) is -4.49. The third-order valence-electron chi connectivity index (χ3n) is 1.77. The van der Waals surface area contributed by atoms with Crippen LogP contribution in [0.15, 0.2) is 18.2 Å². The van der Waals surface area contributed by atoms with Gasteiger partial charge in [-0.2, -0.15) is 18.7 Å². The van der Waals surface area contributed by atoms with Crippen molar-refractivity contribution in [3.63, 3.8) is 0 Å². The maximum absolute atomic E-state index is 12.9. The van der Waals surface area contributed by atoms with Crippen LogP contribution in [0.4, 0.5) is 23.2 Å². The summed E-state index contributed by atoms with van der Waals surface area (Å²) in [7, 11) is 0. The van der Waals surface area contributed by atoms with E-state index in [0.717, 1.165) is 12.1 Å². The van der Waals surface area contributed by atoms with E-state index in [0.29, 0.717) is 6.07 Å². The Bertz CT molecular complexity index is 436. The van der Waals surface area contributed by atoms with Gasteiger partial charge in [0.25, 0.3) is 5.69 Å². The number of nitro benzene ring substituents is 1. The fourth-order valence-electron chi connectivity index (χ4n) is 1.11. The number of nitrogens with zero attached hydrogens (tertiary/aromatic N) is 1. The van der Waals surface area contributed by atoms with Crippen molar-refractivity contribution in [1.82, 2.24) is 5.48 Å². The van der Waals surface area contributed by atoms with Crippen LogP contribution < -0.4 is 5.48 Å². The quantitative estimate of drug-likeness (QED) is 0.385. The molecule has 0 bridgehead atoms. The highest BCUT2D eigenvalue weighted by Crippen LogP contribution is 2.17. The molecule has 0 saturated carbocycles. The first-order valence-corrected chi connectivity index (χ1v) is 4.63. The first kappa shape index (κ1) is 14.3. The second-order valence-electron chi connectivity index (χ2n) is 3.30. The van der Waals surface area contributed by atoms with Crippen LogP contribution in [0.25, 0.3) is 0 Å². The van der Waals surface area contributed by atoms with Crippen LogP contribution in [0.3, 0.4) is 0 Å². The molecule has 0 aromatic heterocycles.